The van der Waals surface area contributed by atoms with Crippen LogP contribution in [0.15, 0.2) is 46.9 Å². The summed E-state index contributed by atoms with van der Waals surface area (Å²) < 4.78 is 5.83. The van der Waals surface area contributed by atoms with Crippen LogP contribution < -0.4 is 5.32 Å². The normalized spacial score (nSPS) is 11.1. The number of likely N-dealkylation sites (N-methyl/N-ethyl adjacent to an activating group) is 1. The van der Waals surface area contributed by atoms with E-state index in [-0.39, 0.29) is 0 Å². The largest absolute Gasteiger partial charge is 0.460 e. The molecule has 0 spiro atoms. The molecule has 1 N–H and O–H groups in total. The summed E-state index contributed by atoms with van der Waals surface area (Å²) in [4.78, 5) is 2.28. The predicted molar refractivity (Wildman–Crippen MR) is 79.0 cm³/mol. The standard InChI is InChI=1S/C16H22N2O/c1-3-18(2)12-11-17-13-15-9-10-16(19-15)14-7-5-4-6-8-14/h4-10,17H,3,11-13H2,1-2H3. The molecule has 0 unspecified atom stereocenters. The van der Waals surface area contributed by atoms with Gasteiger partial charge in [0.1, 0.15) is 11.5 Å². The fraction of sp³-hybridized carbons (Fsp3) is 0.375. The highest BCUT2D eigenvalue weighted by atomic mass is 16.3. The lowest BCUT2D eigenvalue weighted by molar-refractivity contribution is 0.345. The molecule has 102 valence electrons. The fourth-order valence-corrected chi connectivity index (χ4v) is 1.87. The number of benzene rings is 1. The van der Waals surface area contributed by atoms with Crippen LogP contribution in [0.4, 0.5) is 0 Å². The van der Waals surface area contributed by atoms with Gasteiger partial charge in [0.25, 0.3) is 0 Å². The Balaban J connectivity index is 1.82. The minimum Gasteiger partial charge on any atom is -0.460 e. The topological polar surface area (TPSA) is 28.4 Å². The van der Waals surface area contributed by atoms with Gasteiger partial charge >= 0.3 is 0 Å². The Morgan fingerprint density at radius 3 is 2.63 bits per heavy atom. The summed E-state index contributed by atoms with van der Waals surface area (Å²) in [5, 5.41) is 3.40. The van der Waals surface area contributed by atoms with Crippen molar-refractivity contribution in [1.82, 2.24) is 10.2 Å². The van der Waals surface area contributed by atoms with Crippen molar-refractivity contribution in [1.29, 1.82) is 0 Å². The first kappa shape index (κ1) is 13.8. The number of nitrogens with one attached hydrogen (secondary N) is 1. The number of hydrogen-bond donors (Lipinski definition) is 1. The van der Waals surface area contributed by atoms with Crippen LogP contribution in [0.2, 0.25) is 0 Å². The second kappa shape index (κ2) is 7.12. The van der Waals surface area contributed by atoms with Crippen LogP contribution in [0.25, 0.3) is 11.3 Å². The highest BCUT2D eigenvalue weighted by molar-refractivity contribution is 5.57. The van der Waals surface area contributed by atoms with Gasteiger partial charge in [0.05, 0.1) is 6.54 Å². The van der Waals surface area contributed by atoms with Crippen LogP contribution in [0.1, 0.15) is 12.7 Å². The third-order valence-corrected chi connectivity index (χ3v) is 3.23. The molecule has 19 heavy (non-hydrogen) atoms. The highest BCUT2D eigenvalue weighted by Gasteiger charge is 2.03. The summed E-state index contributed by atoms with van der Waals surface area (Å²) in [5.41, 5.74) is 1.12. The van der Waals surface area contributed by atoms with E-state index in [4.69, 9.17) is 4.42 Å². The third-order valence-electron chi connectivity index (χ3n) is 3.23. The molecule has 0 saturated heterocycles. The average Bonchev–Trinajstić information content (AvgIpc) is 2.93. The van der Waals surface area contributed by atoms with Crippen molar-refractivity contribution in [3.63, 3.8) is 0 Å². The lowest BCUT2D eigenvalue weighted by atomic mass is 10.2. The molecule has 0 amide bonds. The van der Waals surface area contributed by atoms with Crippen molar-refractivity contribution in [3.8, 4) is 11.3 Å². The van der Waals surface area contributed by atoms with E-state index in [1.807, 2.05) is 30.3 Å². The average molecular weight is 258 g/mol. The van der Waals surface area contributed by atoms with E-state index in [0.29, 0.717) is 0 Å². The van der Waals surface area contributed by atoms with Gasteiger partial charge in [-0.15, -0.1) is 0 Å². The Bertz CT molecular complexity index is 479. The Labute approximate surface area is 115 Å². The maximum atomic E-state index is 5.83. The summed E-state index contributed by atoms with van der Waals surface area (Å²) in [6, 6.07) is 14.3. The van der Waals surface area contributed by atoms with E-state index in [9.17, 15) is 0 Å². The van der Waals surface area contributed by atoms with Crippen molar-refractivity contribution in [2.45, 2.75) is 13.5 Å². The number of nitrogens with zero attached hydrogens (tertiary/aromatic N) is 1. The number of furan rings is 1. The van der Waals surface area contributed by atoms with Crippen molar-refractivity contribution < 1.29 is 4.42 Å². The second-order valence-electron chi connectivity index (χ2n) is 4.70. The van der Waals surface area contributed by atoms with E-state index in [1.54, 1.807) is 0 Å². The number of hydrogen-bond acceptors (Lipinski definition) is 3. The summed E-state index contributed by atoms with van der Waals surface area (Å²) in [6.45, 7) is 6.07. The minimum atomic E-state index is 0.782. The van der Waals surface area contributed by atoms with Gasteiger partial charge in [-0.05, 0) is 25.7 Å². The van der Waals surface area contributed by atoms with Crippen molar-refractivity contribution in [2.24, 2.45) is 0 Å². The maximum Gasteiger partial charge on any atom is 0.134 e. The Kier molecular flexibility index (Phi) is 5.19. The monoisotopic (exact) mass is 258 g/mol. The number of rotatable bonds is 7. The molecule has 0 fully saturated rings. The SMILES string of the molecule is CCN(C)CCNCc1ccc(-c2ccccc2)o1. The van der Waals surface area contributed by atoms with Gasteiger partial charge in [-0.1, -0.05) is 37.3 Å². The molecule has 1 heterocycles. The molecule has 0 saturated carbocycles. The highest BCUT2D eigenvalue weighted by Crippen LogP contribution is 2.21. The molecule has 0 bridgehead atoms. The summed E-state index contributed by atoms with van der Waals surface area (Å²) >= 11 is 0. The molecule has 0 aliphatic carbocycles. The Morgan fingerprint density at radius 2 is 1.89 bits per heavy atom. The van der Waals surface area contributed by atoms with Gasteiger partial charge in [0.2, 0.25) is 0 Å². The summed E-state index contributed by atoms with van der Waals surface area (Å²) in [5.74, 6) is 1.92. The van der Waals surface area contributed by atoms with Crippen LogP contribution in [-0.2, 0) is 6.54 Å². The zero-order chi connectivity index (χ0) is 13.5. The van der Waals surface area contributed by atoms with E-state index in [1.165, 1.54) is 0 Å². The fourth-order valence-electron chi connectivity index (χ4n) is 1.87. The van der Waals surface area contributed by atoms with Crippen LogP contribution in [0.3, 0.4) is 0 Å². The second-order valence-corrected chi connectivity index (χ2v) is 4.70. The molecule has 2 rings (SSSR count). The van der Waals surface area contributed by atoms with Gasteiger partial charge < -0.3 is 14.6 Å². The van der Waals surface area contributed by atoms with E-state index < -0.39 is 0 Å². The van der Waals surface area contributed by atoms with Crippen molar-refractivity contribution in [2.75, 3.05) is 26.7 Å². The van der Waals surface area contributed by atoms with Crippen LogP contribution in [0.5, 0.6) is 0 Å². The molecule has 3 heteroatoms. The zero-order valence-electron chi connectivity index (χ0n) is 11.7. The minimum absolute atomic E-state index is 0.782. The molecule has 1 aromatic heterocycles. The van der Waals surface area contributed by atoms with Gasteiger partial charge in [0.15, 0.2) is 0 Å². The quantitative estimate of drug-likeness (QED) is 0.774. The molecule has 0 radical (unpaired) electrons. The van der Waals surface area contributed by atoms with Gasteiger partial charge in [-0.2, -0.15) is 0 Å². The van der Waals surface area contributed by atoms with Gasteiger partial charge in [0, 0.05) is 18.7 Å². The first-order chi connectivity index (χ1) is 9.29. The predicted octanol–water partition coefficient (Wildman–Crippen LogP) is 2.99. The molecule has 1 aromatic carbocycles. The smallest absolute Gasteiger partial charge is 0.134 e. The lowest BCUT2D eigenvalue weighted by Gasteiger charge is -2.13. The molecule has 0 atom stereocenters. The first-order valence-electron chi connectivity index (χ1n) is 6.83. The molecule has 2 aromatic rings. The third kappa shape index (κ3) is 4.23. The summed E-state index contributed by atoms with van der Waals surface area (Å²) in [7, 11) is 2.13. The molecule has 3 nitrogen and oxygen atoms in total. The van der Waals surface area contributed by atoms with Gasteiger partial charge in [-0.25, -0.2) is 0 Å². The zero-order valence-corrected chi connectivity index (χ0v) is 11.7. The van der Waals surface area contributed by atoms with Crippen LogP contribution in [0, 0.1) is 0 Å². The Morgan fingerprint density at radius 1 is 1.11 bits per heavy atom. The van der Waals surface area contributed by atoms with E-state index >= 15 is 0 Å². The van der Waals surface area contributed by atoms with Crippen LogP contribution in [-0.4, -0.2) is 31.6 Å². The van der Waals surface area contributed by atoms with Crippen molar-refractivity contribution >= 4 is 0 Å². The maximum absolute atomic E-state index is 5.83. The molecule has 0 aliphatic heterocycles. The van der Waals surface area contributed by atoms with Crippen LogP contribution >= 0.6 is 0 Å². The van der Waals surface area contributed by atoms with E-state index in [0.717, 1.165) is 43.3 Å². The Hall–Kier alpha value is -1.58. The lowest BCUT2D eigenvalue weighted by Crippen LogP contribution is -2.28. The molecule has 0 aliphatic rings. The molecular weight excluding hydrogens is 236 g/mol. The summed E-state index contributed by atoms with van der Waals surface area (Å²) in [6.07, 6.45) is 0. The molecular formula is C16H22N2O. The van der Waals surface area contributed by atoms with E-state index in [2.05, 4.69) is 36.3 Å². The first-order valence-corrected chi connectivity index (χ1v) is 6.83. The van der Waals surface area contributed by atoms with Crippen molar-refractivity contribution in [3.05, 3.63) is 48.2 Å². The van der Waals surface area contributed by atoms with Gasteiger partial charge in [-0.3, -0.25) is 0 Å².